The predicted molar refractivity (Wildman–Crippen MR) is 80.8 cm³/mol. The lowest BCUT2D eigenvalue weighted by atomic mass is 9.96. The molecule has 0 heterocycles. The van der Waals surface area contributed by atoms with Crippen molar-refractivity contribution in [2.45, 2.75) is 18.8 Å². The third kappa shape index (κ3) is 2.77. The molecular formula is C19H16. The van der Waals surface area contributed by atoms with Crippen LogP contribution in [0.15, 0.2) is 60.7 Å². The number of fused-ring (bicyclic) bond motifs is 1. The van der Waals surface area contributed by atoms with Crippen molar-refractivity contribution in [3.05, 3.63) is 77.4 Å². The van der Waals surface area contributed by atoms with Gasteiger partial charge in [0.25, 0.3) is 0 Å². The van der Waals surface area contributed by atoms with E-state index in [9.17, 15) is 0 Å². The zero-order chi connectivity index (χ0) is 12.9. The van der Waals surface area contributed by atoms with Crippen molar-refractivity contribution in [1.29, 1.82) is 0 Å². The minimum atomic E-state index is 0.543. The van der Waals surface area contributed by atoms with E-state index in [0.717, 1.165) is 18.4 Å². The Labute approximate surface area is 114 Å². The largest absolute Gasteiger partial charge is 0.0979 e. The molecule has 0 aromatic heterocycles. The van der Waals surface area contributed by atoms with E-state index in [-0.39, 0.29) is 0 Å². The number of rotatable bonds is 2. The molecule has 19 heavy (non-hydrogen) atoms. The molecule has 0 N–H and O–H groups in total. The van der Waals surface area contributed by atoms with E-state index in [2.05, 4.69) is 60.4 Å². The molecule has 0 heteroatoms. The minimum absolute atomic E-state index is 0.543. The third-order valence-corrected chi connectivity index (χ3v) is 3.49. The van der Waals surface area contributed by atoms with Gasteiger partial charge in [-0.3, -0.25) is 0 Å². The summed E-state index contributed by atoms with van der Waals surface area (Å²) in [5.41, 5.74) is 3.91. The molecule has 0 fully saturated rings. The Kier molecular flexibility index (Phi) is 3.47. The van der Waals surface area contributed by atoms with Gasteiger partial charge in [0.15, 0.2) is 0 Å². The van der Waals surface area contributed by atoms with Gasteiger partial charge in [-0.25, -0.2) is 0 Å². The van der Waals surface area contributed by atoms with Crippen LogP contribution in [-0.4, -0.2) is 0 Å². The molecule has 1 aliphatic carbocycles. The Morgan fingerprint density at radius 3 is 2.58 bits per heavy atom. The standard InChI is InChI=1S/C19H16/c1-2-8-16(9-3-1)10-4-5-11-17-14-15-18-12-6-7-13-19(17)18/h1-3,6-9,12-15,17H,5,11H2. The van der Waals surface area contributed by atoms with E-state index in [4.69, 9.17) is 0 Å². The highest BCUT2D eigenvalue weighted by atomic mass is 14.2. The van der Waals surface area contributed by atoms with Gasteiger partial charge in [0.2, 0.25) is 0 Å². The summed E-state index contributed by atoms with van der Waals surface area (Å²) in [6.07, 6.45) is 6.57. The average Bonchev–Trinajstić information content (AvgIpc) is 2.88. The summed E-state index contributed by atoms with van der Waals surface area (Å²) in [5, 5.41) is 0. The molecular weight excluding hydrogens is 228 g/mol. The lowest BCUT2D eigenvalue weighted by molar-refractivity contribution is 0.771. The van der Waals surface area contributed by atoms with Gasteiger partial charge in [0, 0.05) is 17.9 Å². The van der Waals surface area contributed by atoms with Crippen molar-refractivity contribution in [2.24, 2.45) is 0 Å². The maximum Gasteiger partial charge on any atom is 0.0245 e. The van der Waals surface area contributed by atoms with Crippen molar-refractivity contribution >= 4 is 6.08 Å². The molecule has 2 aromatic carbocycles. The van der Waals surface area contributed by atoms with Gasteiger partial charge in [-0.05, 0) is 29.7 Å². The Hall–Kier alpha value is -2.26. The lowest BCUT2D eigenvalue weighted by Crippen LogP contribution is -1.92. The van der Waals surface area contributed by atoms with Crippen molar-refractivity contribution in [1.82, 2.24) is 0 Å². The molecule has 0 aliphatic heterocycles. The normalized spacial score (nSPS) is 15.7. The van der Waals surface area contributed by atoms with Gasteiger partial charge >= 0.3 is 0 Å². The van der Waals surface area contributed by atoms with Crippen LogP contribution in [0.4, 0.5) is 0 Å². The molecule has 1 aliphatic rings. The van der Waals surface area contributed by atoms with Gasteiger partial charge in [-0.2, -0.15) is 0 Å². The van der Waals surface area contributed by atoms with Crippen LogP contribution in [0.2, 0.25) is 0 Å². The summed E-state index contributed by atoms with van der Waals surface area (Å²) < 4.78 is 0. The molecule has 3 rings (SSSR count). The molecule has 2 aromatic rings. The quantitative estimate of drug-likeness (QED) is 0.676. The summed E-state index contributed by atoms with van der Waals surface area (Å²) in [4.78, 5) is 0. The Balaban J connectivity index is 1.60. The summed E-state index contributed by atoms with van der Waals surface area (Å²) >= 11 is 0. The van der Waals surface area contributed by atoms with Gasteiger partial charge in [0.1, 0.15) is 0 Å². The summed E-state index contributed by atoms with van der Waals surface area (Å²) in [7, 11) is 0. The molecule has 0 spiro atoms. The first-order valence-electron chi connectivity index (χ1n) is 6.74. The molecule has 0 saturated carbocycles. The fourth-order valence-corrected chi connectivity index (χ4v) is 2.49. The monoisotopic (exact) mass is 244 g/mol. The first kappa shape index (κ1) is 11.8. The van der Waals surface area contributed by atoms with Crippen molar-refractivity contribution in [2.75, 3.05) is 0 Å². The highest BCUT2D eigenvalue weighted by Gasteiger charge is 2.15. The molecule has 0 bridgehead atoms. The van der Waals surface area contributed by atoms with Crippen molar-refractivity contribution in [3.8, 4) is 11.8 Å². The van der Waals surface area contributed by atoms with Crippen LogP contribution in [0.5, 0.6) is 0 Å². The van der Waals surface area contributed by atoms with Crippen LogP contribution in [0, 0.1) is 11.8 Å². The smallest absolute Gasteiger partial charge is 0.0245 e. The topological polar surface area (TPSA) is 0 Å². The summed E-state index contributed by atoms with van der Waals surface area (Å²) in [6, 6.07) is 18.8. The molecule has 0 nitrogen and oxygen atoms in total. The maximum absolute atomic E-state index is 3.28. The second kappa shape index (κ2) is 5.59. The van der Waals surface area contributed by atoms with Crippen LogP contribution in [0.3, 0.4) is 0 Å². The SMILES string of the molecule is C(#Cc1ccccc1)CCC1C=Cc2ccccc21. The molecule has 0 radical (unpaired) electrons. The van der Waals surface area contributed by atoms with Gasteiger partial charge in [-0.15, -0.1) is 0 Å². The minimum Gasteiger partial charge on any atom is -0.0979 e. The van der Waals surface area contributed by atoms with E-state index < -0.39 is 0 Å². The molecule has 1 unspecified atom stereocenters. The van der Waals surface area contributed by atoms with Crippen LogP contribution in [-0.2, 0) is 0 Å². The fraction of sp³-hybridized carbons (Fsp3) is 0.158. The third-order valence-electron chi connectivity index (χ3n) is 3.49. The van der Waals surface area contributed by atoms with Crippen molar-refractivity contribution in [3.63, 3.8) is 0 Å². The zero-order valence-electron chi connectivity index (χ0n) is 10.8. The number of hydrogen-bond acceptors (Lipinski definition) is 0. The van der Waals surface area contributed by atoms with Crippen LogP contribution >= 0.6 is 0 Å². The van der Waals surface area contributed by atoms with Crippen LogP contribution in [0.1, 0.15) is 35.4 Å². The highest BCUT2D eigenvalue weighted by Crippen LogP contribution is 2.32. The van der Waals surface area contributed by atoms with Crippen LogP contribution in [0.25, 0.3) is 6.08 Å². The van der Waals surface area contributed by atoms with Crippen LogP contribution < -0.4 is 0 Å². The Bertz CT molecular complexity index is 638. The Morgan fingerprint density at radius 2 is 1.68 bits per heavy atom. The van der Waals surface area contributed by atoms with Gasteiger partial charge in [-0.1, -0.05) is 66.5 Å². The molecule has 0 saturated heterocycles. The number of allylic oxidation sites excluding steroid dienone is 1. The first-order valence-corrected chi connectivity index (χ1v) is 6.74. The van der Waals surface area contributed by atoms with E-state index >= 15 is 0 Å². The van der Waals surface area contributed by atoms with E-state index in [1.165, 1.54) is 11.1 Å². The van der Waals surface area contributed by atoms with E-state index in [1.807, 2.05) is 18.2 Å². The van der Waals surface area contributed by atoms with Crippen molar-refractivity contribution < 1.29 is 0 Å². The predicted octanol–water partition coefficient (Wildman–Crippen LogP) is 4.63. The fourth-order valence-electron chi connectivity index (χ4n) is 2.49. The molecule has 1 atom stereocenters. The number of hydrogen-bond donors (Lipinski definition) is 0. The molecule has 0 amide bonds. The van der Waals surface area contributed by atoms with E-state index in [0.29, 0.717) is 5.92 Å². The maximum atomic E-state index is 3.28. The second-order valence-electron chi connectivity index (χ2n) is 4.80. The van der Waals surface area contributed by atoms with Gasteiger partial charge in [0.05, 0.1) is 0 Å². The molecule has 92 valence electrons. The summed E-state index contributed by atoms with van der Waals surface area (Å²) in [6.45, 7) is 0. The zero-order valence-corrected chi connectivity index (χ0v) is 10.8. The lowest BCUT2D eigenvalue weighted by Gasteiger charge is -2.08. The Morgan fingerprint density at radius 1 is 0.895 bits per heavy atom. The average molecular weight is 244 g/mol. The number of benzene rings is 2. The van der Waals surface area contributed by atoms with E-state index in [1.54, 1.807) is 0 Å². The summed E-state index contributed by atoms with van der Waals surface area (Å²) in [5.74, 6) is 7.04. The van der Waals surface area contributed by atoms with Gasteiger partial charge < -0.3 is 0 Å². The first-order chi connectivity index (χ1) is 9.43. The second-order valence-corrected chi connectivity index (χ2v) is 4.80. The highest BCUT2D eigenvalue weighted by molar-refractivity contribution is 5.62.